The number of ether oxygens (including phenoxy) is 1. The van der Waals surface area contributed by atoms with Crippen molar-refractivity contribution in [2.24, 2.45) is 0 Å². The fraction of sp³-hybridized carbons (Fsp3) is 0.0667. The van der Waals surface area contributed by atoms with E-state index >= 15 is 0 Å². The molecule has 6 nitrogen and oxygen atoms in total. The fourth-order valence-electron chi connectivity index (χ4n) is 1.88. The van der Waals surface area contributed by atoms with Crippen LogP contribution in [0.3, 0.4) is 0 Å². The lowest BCUT2D eigenvalue weighted by molar-refractivity contribution is 0.288. The number of nitriles is 1. The number of nitrogen functional groups attached to an aromatic ring is 1. The Morgan fingerprint density at radius 2 is 2.14 bits per heavy atom. The molecule has 2 N–H and O–H groups in total. The molecule has 22 heavy (non-hydrogen) atoms. The number of hydrogen-bond donors (Lipinski definition) is 1. The second kappa shape index (κ2) is 6.20. The van der Waals surface area contributed by atoms with Crippen molar-refractivity contribution in [3.63, 3.8) is 0 Å². The Bertz CT molecular complexity index is 812. The molecule has 0 saturated heterocycles. The maximum absolute atomic E-state index is 9.42. The topological polar surface area (TPSA) is 97.7 Å². The van der Waals surface area contributed by atoms with E-state index in [0.29, 0.717) is 5.69 Å². The summed E-state index contributed by atoms with van der Waals surface area (Å²) in [6.07, 6.45) is 1.68. The average Bonchev–Trinajstić information content (AvgIpc) is 3.07. The van der Waals surface area contributed by atoms with Gasteiger partial charge in [0.05, 0.1) is 10.6 Å². The molecule has 0 aliphatic rings. The Balaban J connectivity index is 1.96. The lowest BCUT2D eigenvalue weighted by atomic mass is 10.2. The Morgan fingerprint density at radius 1 is 1.23 bits per heavy atom. The van der Waals surface area contributed by atoms with Crippen LogP contribution in [0.5, 0.6) is 5.88 Å². The molecule has 0 saturated carbocycles. The number of hydrogen-bond acceptors (Lipinski definition) is 7. The monoisotopic (exact) mass is 309 g/mol. The Kier molecular flexibility index (Phi) is 3.94. The predicted octanol–water partition coefficient (Wildman–Crippen LogP) is 2.63. The van der Waals surface area contributed by atoms with Gasteiger partial charge in [0.1, 0.15) is 23.9 Å². The minimum atomic E-state index is 0.0680. The smallest absolute Gasteiger partial charge is 0.237 e. The van der Waals surface area contributed by atoms with Crippen molar-refractivity contribution in [1.82, 2.24) is 15.0 Å². The van der Waals surface area contributed by atoms with Crippen LogP contribution in [0.4, 0.5) is 5.95 Å². The van der Waals surface area contributed by atoms with Crippen LogP contribution >= 0.6 is 11.3 Å². The second-order valence-electron chi connectivity index (χ2n) is 4.31. The van der Waals surface area contributed by atoms with Crippen LogP contribution in [0.25, 0.3) is 10.6 Å². The molecule has 3 aromatic heterocycles. The van der Waals surface area contributed by atoms with Gasteiger partial charge in [0, 0.05) is 6.20 Å². The van der Waals surface area contributed by atoms with E-state index in [4.69, 9.17) is 10.5 Å². The Morgan fingerprint density at radius 3 is 2.82 bits per heavy atom. The highest BCUT2D eigenvalue weighted by Gasteiger charge is 2.17. The van der Waals surface area contributed by atoms with E-state index in [0.717, 1.165) is 10.6 Å². The van der Waals surface area contributed by atoms with Crippen molar-refractivity contribution in [2.45, 2.75) is 6.61 Å². The summed E-state index contributed by atoms with van der Waals surface area (Å²) in [5.74, 6) is 0.238. The summed E-state index contributed by atoms with van der Waals surface area (Å²) in [6, 6.07) is 11.4. The summed E-state index contributed by atoms with van der Waals surface area (Å²) >= 11 is 1.47. The van der Waals surface area contributed by atoms with Gasteiger partial charge in [0.2, 0.25) is 11.8 Å². The molecule has 7 heteroatoms. The summed E-state index contributed by atoms with van der Waals surface area (Å²) in [5, 5.41) is 11.3. The molecular formula is C15H11N5OS. The first kappa shape index (κ1) is 14.0. The summed E-state index contributed by atoms with van der Waals surface area (Å²) in [7, 11) is 0. The first-order valence-corrected chi connectivity index (χ1v) is 7.30. The van der Waals surface area contributed by atoms with Gasteiger partial charge in [-0.25, -0.2) is 4.98 Å². The lowest BCUT2D eigenvalue weighted by Gasteiger charge is -2.09. The van der Waals surface area contributed by atoms with Crippen LogP contribution < -0.4 is 10.5 Å². The van der Waals surface area contributed by atoms with E-state index in [1.165, 1.54) is 11.3 Å². The van der Waals surface area contributed by atoms with Crippen molar-refractivity contribution in [1.29, 1.82) is 5.26 Å². The molecule has 0 fully saturated rings. The first-order chi connectivity index (χ1) is 10.8. The molecule has 0 bridgehead atoms. The van der Waals surface area contributed by atoms with Crippen LogP contribution in [0.1, 0.15) is 11.3 Å². The minimum Gasteiger partial charge on any atom is -0.470 e. The quantitative estimate of drug-likeness (QED) is 0.795. The highest BCUT2D eigenvalue weighted by Crippen LogP contribution is 2.31. The van der Waals surface area contributed by atoms with Crippen molar-refractivity contribution < 1.29 is 4.74 Å². The van der Waals surface area contributed by atoms with Crippen LogP contribution in [0, 0.1) is 11.3 Å². The minimum absolute atomic E-state index is 0.0680. The van der Waals surface area contributed by atoms with Crippen molar-refractivity contribution in [2.75, 3.05) is 5.73 Å². The fourth-order valence-corrected chi connectivity index (χ4v) is 2.60. The van der Waals surface area contributed by atoms with E-state index < -0.39 is 0 Å². The van der Waals surface area contributed by atoms with E-state index in [9.17, 15) is 5.26 Å². The molecule has 0 amide bonds. The van der Waals surface area contributed by atoms with Crippen LogP contribution in [0.2, 0.25) is 0 Å². The molecule has 0 aromatic carbocycles. The first-order valence-electron chi connectivity index (χ1n) is 6.42. The molecule has 3 aromatic rings. The molecule has 108 valence electrons. The van der Waals surface area contributed by atoms with Gasteiger partial charge in [-0.3, -0.25) is 4.98 Å². The Labute approximate surface area is 130 Å². The molecule has 0 spiro atoms. The van der Waals surface area contributed by atoms with Crippen LogP contribution in [-0.2, 0) is 6.61 Å². The largest absolute Gasteiger partial charge is 0.470 e. The zero-order valence-corrected chi connectivity index (χ0v) is 12.2. The second-order valence-corrected chi connectivity index (χ2v) is 5.26. The number of nitrogens with zero attached hydrogens (tertiary/aromatic N) is 4. The van der Waals surface area contributed by atoms with Gasteiger partial charge in [-0.1, -0.05) is 12.1 Å². The van der Waals surface area contributed by atoms with Crippen molar-refractivity contribution in [3.05, 3.63) is 53.2 Å². The number of thiophene rings is 1. The van der Waals surface area contributed by atoms with E-state index in [-0.39, 0.29) is 24.0 Å². The predicted molar refractivity (Wildman–Crippen MR) is 83.0 cm³/mol. The molecule has 3 heterocycles. The summed E-state index contributed by atoms with van der Waals surface area (Å²) in [5.41, 5.74) is 7.23. The average molecular weight is 309 g/mol. The lowest BCUT2D eigenvalue weighted by Crippen LogP contribution is -2.06. The molecule has 0 atom stereocenters. The molecule has 0 unspecified atom stereocenters. The van der Waals surface area contributed by atoms with E-state index in [1.54, 1.807) is 6.20 Å². The van der Waals surface area contributed by atoms with Gasteiger partial charge in [0.15, 0.2) is 0 Å². The molecular weight excluding hydrogens is 298 g/mol. The highest BCUT2D eigenvalue weighted by atomic mass is 32.1. The number of nitrogens with two attached hydrogens (primary N) is 1. The SMILES string of the molecule is N#Cc1c(OCc2ccccn2)nc(N)nc1-c1cccs1. The van der Waals surface area contributed by atoms with Gasteiger partial charge in [-0.15, -0.1) is 11.3 Å². The maximum atomic E-state index is 9.42. The molecule has 3 rings (SSSR count). The summed E-state index contributed by atoms with van der Waals surface area (Å²) in [6.45, 7) is 0.204. The van der Waals surface area contributed by atoms with Gasteiger partial charge in [-0.05, 0) is 23.6 Å². The zero-order valence-electron chi connectivity index (χ0n) is 11.4. The molecule has 0 aliphatic heterocycles. The zero-order chi connectivity index (χ0) is 15.4. The van der Waals surface area contributed by atoms with Gasteiger partial charge in [-0.2, -0.15) is 10.2 Å². The van der Waals surface area contributed by atoms with Crippen LogP contribution in [-0.4, -0.2) is 15.0 Å². The Hall–Kier alpha value is -2.98. The third-order valence-corrected chi connectivity index (χ3v) is 3.72. The molecule has 0 radical (unpaired) electrons. The van der Waals surface area contributed by atoms with Crippen LogP contribution in [0.15, 0.2) is 41.9 Å². The number of pyridine rings is 1. The van der Waals surface area contributed by atoms with Gasteiger partial charge >= 0.3 is 0 Å². The van der Waals surface area contributed by atoms with E-state index in [1.807, 2.05) is 35.7 Å². The number of aromatic nitrogens is 3. The van der Waals surface area contributed by atoms with E-state index in [2.05, 4.69) is 21.0 Å². The summed E-state index contributed by atoms with van der Waals surface area (Å²) < 4.78 is 5.62. The van der Waals surface area contributed by atoms with Crippen molar-refractivity contribution >= 4 is 17.3 Å². The maximum Gasteiger partial charge on any atom is 0.237 e. The number of anilines is 1. The third kappa shape index (κ3) is 2.87. The number of rotatable bonds is 4. The molecule has 0 aliphatic carbocycles. The van der Waals surface area contributed by atoms with Crippen molar-refractivity contribution in [3.8, 4) is 22.5 Å². The van der Waals surface area contributed by atoms with Gasteiger partial charge in [0.25, 0.3) is 0 Å². The third-order valence-electron chi connectivity index (χ3n) is 2.84. The summed E-state index contributed by atoms with van der Waals surface area (Å²) in [4.78, 5) is 13.2. The standard InChI is InChI=1S/C15H11N5OS/c16-8-11-13(12-5-3-7-22-12)19-15(17)20-14(11)21-9-10-4-1-2-6-18-10/h1-7H,9H2,(H2,17,19,20). The highest BCUT2D eigenvalue weighted by molar-refractivity contribution is 7.13. The normalized spacial score (nSPS) is 10.1. The van der Waals surface area contributed by atoms with Gasteiger partial charge < -0.3 is 10.5 Å².